The van der Waals surface area contributed by atoms with Crippen LogP contribution in [-0.4, -0.2) is 15.7 Å². The van der Waals surface area contributed by atoms with Gasteiger partial charge >= 0.3 is 12.4 Å². The normalized spacial score (nSPS) is 12.4. The topological polar surface area (TPSA) is 46.9 Å². The van der Waals surface area contributed by atoms with Crippen molar-refractivity contribution in [3.05, 3.63) is 39.5 Å². The lowest BCUT2D eigenvalue weighted by atomic mass is 10.2. The van der Waals surface area contributed by atoms with Gasteiger partial charge in [-0.3, -0.25) is 4.79 Å². The van der Waals surface area contributed by atoms with E-state index in [0.717, 1.165) is 6.92 Å². The highest BCUT2D eigenvalue weighted by molar-refractivity contribution is 6.38. The predicted molar refractivity (Wildman–Crippen MR) is 77.9 cm³/mol. The van der Waals surface area contributed by atoms with E-state index in [1.807, 2.05) is 0 Å². The minimum Gasteiger partial charge on any atom is -0.311 e. The van der Waals surface area contributed by atoms with Crippen molar-refractivity contribution in [2.24, 2.45) is 0 Å². The first-order valence-corrected chi connectivity index (χ1v) is 7.07. The van der Waals surface area contributed by atoms with Crippen LogP contribution in [0.4, 0.5) is 32.2 Å². The fourth-order valence-corrected chi connectivity index (χ4v) is 2.54. The zero-order valence-electron chi connectivity index (χ0n) is 12.1. The van der Waals surface area contributed by atoms with Crippen LogP contribution in [0.2, 0.25) is 10.0 Å². The predicted octanol–water partition coefficient (Wildman–Crippen LogP) is 5.18. The molecule has 2 rings (SSSR count). The van der Waals surface area contributed by atoms with E-state index < -0.39 is 51.1 Å². The first-order chi connectivity index (χ1) is 11.3. The second kappa shape index (κ2) is 6.41. The summed E-state index contributed by atoms with van der Waals surface area (Å²) in [5.74, 6) is -1.18. The molecule has 0 spiro atoms. The number of nitrogens with one attached hydrogen (secondary N) is 1. The number of benzene rings is 1. The fourth-order valence-electron chi connectivity index (χ4n) is 1.89. The summed E-state index contributed by atoms with van der Waals surface area (Å²) in [5.41, 5.74) is -3.01. The maximum absolute atomic E-state index is 12.9. The van der Waals surface area contributed by atoms with E-state index in [2.05, 4.69) is 10.4 Å². The molecule has 0 atom stereocenters. The molecule has 1 heterocycles. The molecule has 0 aliphatic heterocycles. The minimum absolute atomic E-state index is 0.435. The molecule has 0 aliphatic carbocycles. The van der Waals surface area contributed by atoms with Crippen LogP contribution in [0.3, 0.4) is 0 Å². The third-order valence-corrected chi connectivity index (χ3v) is 3.44. The Kier molecular flexibility index (Phi) is 4.97. The second-order valence-corrected chi connectivity index (χ2v) is 5.61. The maximum Gasteiger partial charge on any atom is 0.435 e. The molecular weight excluding hydrogens is 399 g/mol. The molecule has 2 aromatic rings. The monoisotopic (exact) mass is 405 g/mol. The number of alkyl halides is 6. The Labute approximate surface area is 146 Å². The number of anilines is 1. The van der Waals surface area contributed by atoms with Crippen LogP contribution >= 0.6 is 23.2 Å². The van der Waals surface area contributed by atoms with Gasteiger partial charge in [0.15, 0.2) is 5.69 Å². The van der Waals surface area contributed by atoms with Gasteiger partial charge in [-0.05, 0) is 12.1 Å². The fraction of sp³-hybridized carbons (Fsp3) is 0.231. The molecule has 0 aliphatic rings. The Balaban J connectivity index is 2.69. The second-order valence-electron chi connectivity index (χ2n) is 4.79. The van der Waals surface area contributed by atoms with Crippen LogP contribution in [-0.2, 0) is 17.1 Å². The number of aromatic nitrogens is 2. The van der Waals surface area contributed by atoms with E-state index in [9.17, 15) is 31.1 Å². The molecular formula is C13H7Cl2F6N3O. The molecule has 25 heavy (non-hydrogen) atoms. The van der Waals surface area contributed by atoms with Crippen molar-refractivity contribution < 1.29 is 31.1 Å². The molecule has 0 bridgehead atoms. The summed E-state index contributed by atoms with van der Waals surface area (Å²) in [5, 5.41) is 4.14. The van der Waals surface area contributed by atoms with Gasteiger partial charge in [0.1, 0.15) is 11.5 Å². The Hall–Kier alpha value is -1.94. The van der Waals surface area contributed by atoms with Crippen LogP contribution in [0.1, 0.15) is 18.2 Å². The zero-order valence-corrected chi connectivity index (χ0v) is 13.6. The molecule has 0 radical (unpaired) electrons. The molecule has 1 amide bonds. The summed E-state index contributed by atoms with van der Waals surface area (Å²) in [7, 11) is 0. The number of carbonyl (C=O) groups is 1. The summed E-state index contributed by atoms with van der Waals surface area (Å²) >= 11 is 11.5. The van der Waals surface area contributed by atoms with Crippen LogP contribution in [0, 0.1) is 0 Å². The Bertz CT molecular complexity index is 805. The van der Waals surface area contributed by atoms with Gasteiger partial charge in [-0.2, -0.15) is 31.4 Å². The molecule has 0 saturated heterocycles. The van der Waals surface area contributed by atoms with Gasteiger partial charge in [-0.25, -0.2) is 4.68 Å². The van der Waals surface area contributed by atoms with Crippen LogP contribution in [0.5, 0.6) is 0 Å². The number of rotatable bonds is 2. The SMILES string of the molecule is CC(=O)Nc1cc(C(F)(F)F)nn1-c1c(Cl)cc(C(F)(F)F)cc1Cl. The number of hydrogen-bond donors (Lipinski definition) is 1. The van der Waals surface area contributed by atoms with E-state index in [-0.39, 0.29) is 0 Å². The number of amides is 1. The third kappa shape index (κ3) is 4.18. The van der Waals surface area contributed by atoms with Gasteiger partial charge < -0.3 is 5.32 Å². The average Bonchev–Trinajstić information content (AvgIpc) is 2.79. The molecule has 1 N–H and O–H groups in total. The Morgan fingerprint density at radius 2 is 1.56 bits per heavy atom. The van der Waals surface area contributed by atoms with Crippen molar-refractivity contribution in [3.8, 4) is 5.69 Å². The van der Waals surface area contributed by atoms with Gasteiger partial charge in [-0.1, -0.05) is 23.2 Å². The standard InChI is InChI=1S/C13H7Cl2F6N3O/c1-5(25)22-10-4-9(13(19,20)21)23-24(10)11-7(14)2-6(3-8(11)15)12(16,17)18/h2-4H,1H3,(H,22,25). The summed E-state index contributed by atoms with van der Waals surface area (Å²) < 4.78 is 77.3. The molecule has 0 fully saturated rings. The first-order valence-electron chi connectivity index (χ1n) is 6.32. The van der Waals surface area contributed by atoms with Gasteiger partial charge in [0.05, 0.1) is 15.6 Å². The zero-order chi connectivity index (χ0) is 19.2. The van der Waals surface area contributed by atoms with Gasteiger partial charge in [0.25, 0.3) is 0 Å². The molecule has 1 aromatic carbocycles. The van der Waals surface area contributed by atoms with Gasteiger partial charge in [0, 0.05) is 13.0 Å². The molecule has 4 nitrogen and oxygen atoms in total. The quantitative estimate of drug-likeness (QED) is 0.700. The highest BCUT2D eigenvalue weighted by Gasteiger charge is 2.36. The Morgan fingerprint density at radius 3 is 1.96 bits per heavy atom. The van der Waals surface area contributed by atoms with Crippen molar-refractivity contribution in [2.45, 2.75) is 19.3 Å². The van der Waals surface area contributed by atoms with E-state index in [0.29, 0.717) is 22.9 Å². The summed E-state index contributed by atoms with van der Waals surface area (Å²) in [4.78, 5) is 11.2. The van der Waals surface area contributed by atoms with Crippen molar-refractivity contribution >= 4 is 34.9 Å². The number of hydrogen-bond acceptors (Lipinski definition) is 2. The number of carbonyl (C=O) groups excluding carboxylic acids is 1. The lowest BCUT2D eigenvalue weighted by molar-refractivity contribution is -0.141. The van der Waals surface area contributed by atoms with Crippen molar-refractivity contribution in [3.63, 3.8) is 0 Å². The highest BCUT2D eigenvalue weighted by atomic mass is 35.5. The molecule has 0 unspecified atom stereocenters. The lowest BCUT2D eigenvalue weighted by Crippen LogP contribution is -2.13. The maximum atomic E-state index is 12.9. The van der Waals surface area contributed by atoms with Crippen LogP contribution in [0.15, 0.2) is 18.2 Å². The number of nitrogens with zero attached hydrogens (tertiary/aromatic N) is 2. The highest BCUT2D eigenvalue weighted by Crippen LogP contribution is 2.39. The van der Waals surface area contributed by atoms with Crippen molar-refractivity contribution in [2.75, 3.05) is 5.32 Å². The van der Waals surface area contributed by atoms with Gasteiger partial charge in [-0.15, -0.1) is 0 Å². The summed E-state index contributed by atoms with van der Waals surface area (Å²) in [6, 6.07) is 1.50. The molecule has 0 saturated carbocycles. The smallest absolute Gasteiger partial charge is 0.311 e. The van der Waals surface area contributed by atoms with Crippen molar-refractivity contribution in [1.82, 2.24) is 9.78 Å². The molecule has 1 aromatic heterocycles. The van der Waals surface area contributed by atoms with E-state index >= 15 is 0 Å². The molecule has 12 heteroatoms. The van der Waals surface area contributed by atoms with Crippen molar-refractivity contribution in [1.29, 1.82) is 0 Å². The largest absolute Gasteiger partial charge is 0.435 e. The summed E-state index contributed by atoms with van der Waals surface area (Å²) in [6.07, 6.45) is -9.61. The van der Waals surface area contributed by atoms with Gasteiger partial charge in [0.2, 0.25) is 5.91 Å². The van der Waals surface area contributed by atoms with E-state index in [1.54, 1.807) is 0 Å². The summed E-state index contributed by atoms with van der Waals surface area (Å²) in [6.45, 7) is 1.03. The van der Waals surface area contributed by atoms with Crippen LogP contribution in [0.25, 0.3) is 5.69 Å². The minimum atomic E-state index is -4.86. The first kappa shape index (κ1) is 19.4. The lowest BCUT2D eigenvalue weighted by Gasteiger charge is -2.14. The average molecular weight is 406 g/mol. The van der Waals surface area contributed by atoms with E-state index in [4.69, 9.17) is 23.2 Å². The van der Waals surface area contributed by atoms with E-state index in [1.165, 1.54) is 0 Å². The molecule has 136 valence electrons. The third-order valence-electron chi connectivity index (χ3n) is 2.86. The number of halogens is 8. The van der Waals surface area contributed by atoms with Crippen LogP contribution < -0.4 is 5.32 Å². The Morgan fingerprint density at radius 1 is 1.04 bits per heavy atom.